The third kappa shape index (κ3) is 4.21. The van der Waals surface area contributed by atoms with Gasteiger partial charge in [-0.25, -0.2) is 8.78 Å². The van der Waals surface area contributed by atoms with Crippen LogP contribution in [0.25, 0.3) is 0 Å². The Kier molecular flexibility index (Phi) is 6.07. The number of halogens is 2. The molecule has 2 aromatic rings. The Morgan fingerprint density at radius 1 is 1.07 bits per heavy atom. The van der Waals surface area contributed by atoms with Crippen LogP contribution in [-0.2, 0) is 4.79 Å². The lowest BCUT2D eigenvalue weighted by molar-refractivity contribution is -0.137. The first-order valence-corrected chi connectivity index (χ1v) is 9.44. The number of nitrogens with zero attached hydrogens (tertiary/aromatic N) is 2. The van der Waals surface area contributed by atoms with Crippen LogP contribution in [0.3, 0.4) is 0 Å². The molecule has 0 bridgehead atoms. The van der Waals surface area contributed by atoms with Gasteiger partial charge in [0.2, 0.25) is 5.91 Å². The summed E-state index contributed by atoms with van der Waals surface area (Å²) in [6.45, 7) is 2.74. The van der Waals surface area contributed by atoms with Crippen molar-refractivity contribution in [1.29, 1.82) is 0 Å². The van der Waals surface area contributed by atoms with E-state index in [1.54, 1.807) is 11.9 Å². The van der Waals surface area contributed by atoms with E-state index in [-0.39, 0.29) is 23.4 Å². The molecular weight excluding hydrogens is 362 g/mol. The van der Waals surface area contributed by atoms with Crippen molar-refractivity contribution in [2.24, 2.45) is 5.92 Å². The lowest BCUT2D eigenvalue weighted by Gasteiger charge is -2.35. The second-order valence-electron chi connectivity index (χ2n) is 7.23. The predicted molar refractivity (Wildman–Crippen MR) is 103 cm³/mol. The van der Waals surface area contributed by atoms with Crippen LogP contribution in [0.15, 0.2) is 48.5 Å². The van der Waals surface area contributed by atoms with E-state index in [0.717, 1.165) is 11.6 Å². The van der Waals surface area contributed by atoms with Gasteiger partial charge in [-0.05, 0) is 37.5 Å². The number of likely N-dealkylation sites (tertiary alicyclic amines) is 1. The van der Waals surface area contributed by atoms with Crippen LogP contribution >= 0.6 is 0 Å². The lowest BCUT2D eigenvalue weighted by atomic mass is 9.94. The first-order valence-electron chi connectivity index (χ1n) is 9.44. The van der Waals surface area contributed by atoms with Gasteiger partial charge in [-0.15, -0.1) is 0 Å². The molecule has 0 radical (unpaired) electrons. The summed E-state index contributed by atoms with van der Waals surface area (Å²) in [5.74, 6) is -2.15. The molecule has 1 atom stereocenters. The van der Waals surface area contributed by atoms with E-state index >= 15 is 0 Å². The van der Waals surface area contributed by atoms with Crippen LogP contribution in [0.4, 0.5) is 8.78 Å². The Bertz CT molecular complexity index is 849. The van der Waals surface area contributed by atoms with Crippen LogP contribution < -0.4 is 0 Å². The van der Waals surface area contributed by atoms with Gasteiger partial charge in [0.1, 0.15) is 11.6 Å². The van der Waals surface area contributed by atoms with Crippen molar-refractivity contribution in [3.63, 3.8) is 0 Å². The Morgan fingerprint density at radius 2 is 1.71 bits per heavy atom. The summed E-state index contributed by atoms with van der Waals surface area (Å²) >= 11 is 0. The summed E-state index contributed by atoms with van der Waals surface area (Å²) in [5.41, 5.74) is 0.929. The fourth-order valence-electron chi connectivity index (χ4n) is 3.60. The molecule has 0 saturated carbocycles. The zero-order valence-electron chi connectivity index (χ0n) is 16.1. The van der Waals surface area contributed by atoms with Gasteiger partial charge < -0.3 is 9.80 Å². The van der Waals surface area contributed by atoms with Crippen molar-refractivity contribution in [2.75, 3.05) is 20.1 Å². The zero-order valence-corrected chi connectivity index (χ0v) is 16.1. The second kappa shape index (κ2) is 8.50. The highest BCUT2D eigenvalue weighted by atomic mass is 19.1. The van der Waals surface area contributed by atoms with Crippen LogP contribution in [-0.4, -0.2) is 41.8 Å². The molecule has 0 spiro atoms. The number of hydrogen-bond donors (Lipinski definition) is 0. The highest BCUT2D eigenvalue weighted by molar-refractivity contribution is 5.94. The molecule has 0 aromatic heterocycles. The van der Waals surface area contributed by atoms with Crippen molar-refractivity contribution in [3.05, 3.63) is 71.3 Å². The van der Waals surface area contributed by atoms with Gasteiger partial charge in [0.25, 0.3) is 5.91 Å². The average Bonchev–Trinajstić information content (AvgIpc) is 2.72. The van der Waals surface area contributed by atoms with Crippen molar-refractivity contribution >= 4 is 11.8 Å². The van der Waals surface area contributed by atoms with Crippen LogP contribution in [0.1, 0.15) is 41.7 Å². The quantitative estimate of drug-likeness (QED) is 0.796. The molecule has 0 aliphatic carbocycles. The Hall–Kier alpha value is -2.76. The minimum Gasteiger partial charge on any atom is -0.339 e. The summed E-state index contributed by atoms with van der Waals surface area (Å²) in [7, 11) is 1.80. The SMILES string of the molecule is CC(c1ccccc1)N(C)C(=O)C1CCN(C(=O)c2ccc(F)cc2F)CC1. The molecule has 2 amide bonds. The monoisotopic (exact) mass is 386 g/mol. The van der Waals surface area contributed by atoms with Crippen molar-refractivity contribution in [2.45, 2.75) is 25.8 Å². The van der Waals surface area contributed by atoms with E-state index < -0.39 is 17.5 Å². The Balaban J connectivity index is 1.60. The van der Waals surface area contributed by atoms with Crippen LogP contribution in [0.5, 0.6) is 0 Å². The van der Waals surface area contributed by atoms with Gasteiger partial charge in [-0.1, -0.05) is 30.3 Å². The van der Waals surface area contributed by atoms with E-state index in [1.165, 1.54) is 11.0 Å². The second-order valence-corrected chi connectivity index (χ2v) is 7.23. The fourth-order valence-corrected chi connectivity index (χ4v) is 3.60. The van der Waals surface area contributed by atoms with Gasteiger partial charge in [0.15, 0.2) is 0 Å². The highest BCUT2D eigenvalue weighted by Gasteiger charge is 2.31. The number of hydrogen-bond acceptors (Lipinski definition) is 2. The third-order valence-corrected chi connectivity index (χ3v) is 5.50. The number of piperidine rings is 1. The molecule has 148 valence electrons. The predicted octanol–water partition coefficient (Wildman–Crippen LogP) is 4.04. The largest absolute Gasteiger partial charge is 0.339 e. The van der Waals surface area contributed by atoms with E-state index in [4.69, 9.17) is 0 Å². The summed E-state index contributed by atoms with van der Waals surface area (Å²) in [6, 6.07) is 12.7. The van der Waals surface area contributed by atoms with Gasteiger partial charge in [-0.2, -0.15) is 0 Å². The fraction of sp³-hybridized carbons (Fsp3) is 0.364. The number of benzene rings is 2. The smallest absolute Gasteiger partial charge is 0.256 e. The lowest BCUT2D eigenvalue weighted by Crippen LogP contribution is -2.44. The molecule has 0 N–H and O–H groups in total. The van der Waals surface area contributed by atoms with Crippen LogP contribution in [0.2, 0.25) is 0 Å². The molecule has 1 fully saturated rings. The number of carbonyl (C=O) groups is 2. The third-order valence-electron chi connectivity index (χ3n) is 5.50. The van der Waals surface area contributed by atoms with Crippen molar-refractivity contribution in [1.82, 2.24) is 9.80 Å². The minimum atomic E-state index is -0.861. The number of amides is 2. The first-order chi connectivity index (χ1) is 13.4. The maximum absolute atomic E-state index is 13.9. The summed E-state index contributed by atoms with van der Waals surface area (Å²) < 4.78 is 26.9. The van der Waals surface area contributed by atoms with Crippen LogP contribution in [0, 0.1) is 17.6 Å². The number of rotatable bonds is 4. The molecule has 4 nitrogen and oxygen atoms in total. The Morgan fingerprint density at radius 3 is 2.32 bits per heavy atom. The molecule has 1 heterocycles. The van der Waals surface area contributed by atoms with E-state index in [9.17, 15) is 18.4 Å². The molecule has 1 aliphatic heterocycles. The van der Waals surface area contributed by atoms with Crippen molar-refractivity contribution in [3.8, 4) is 0 Å². The molecule has 3 rings (SSSR count). The van der Waals surface area contributed by atoms with E-state index in [0.29, 0.717) is 32.0 Å². The first kappa shape index (κ1) is 20.0. The standard InChI is InChI=1S/C22H24F2N2O2/c1-15(16-6-4-3-5-7-16)25(2)21(27)17-10-12-26(13-11-17)22(28)19-9-8-18(23)14-20(19)24/h3-9,14-15,17H,10-13H2,1-2H3. The van der Waals surface area contributed by atoms with Crippen molar-refractivity contribution < 1.29 is 18.4 Å². The maximum Gasteiger partial charge on any atom is 0.256 e. The molecule has 6 heteroatoms. The number of carbonyl (C=O) groups excluding carboxylic acids is 2. The van der Waals surface area contributed by atoms with Gasteiger partial charge in [-0.3, -0.25) is 9.59 Å². The molecule has 1 unspecified atom stereocenters. The van der Waals surface area contributed by atoms with Gasteiger partial charge >= 0.3 is 0 Å². The topological polar surface area (TPSA) is 40.6 Å². The molecule has 1 saturated heterocycles. The zero-order chi connectivity index (χ0) is 20.3. The molecular formula is C22H24F2N2O2. The Labute approximate surface area is 163 Å². The molecule has 2 aromatic carbocycles. The van der Waals surface area contributed by atoms with E-state index in [1.807, 2.05) is 37.3 Å². The average molecular weight is 386 g/mol. The normalized spacial score (nSPS) is 15.9. The molecule has 1 aliphatic rings. The summed E-state index contributed by atoms with van der Waals surface area (Å²) in [5, 5.41) is 0. The van der Waals surface area contributed by atoms with Gasteiger partial charge in [0.05, 0.1) is 11.6 Å². The maximum atomic E-state index is 13.9. The molecule has 28 heavy (non-hydrogen) atoms. The summed E-state index contributed by atoms with van der Waals surface area (Å²) in [4.78, 5) is 28.7. The highest BCUT2D eigenvalue weighted by Crippen LogP contribution is 2.26. The summed E-state index contributed by atoms with van der Waals surface area (Å²) in [6.07, 6.45) is 1.05. The van der Waals surface area contributed by atoms with E-state index in [2.05, 4.69) is 0 Å². The van der Waals surface area contributed by atoms with Gasteiger partial charge in [0, 0.05) is 32.1 Å². The minimum absolute atomic E-state index is 0.0401.